The van der Waals surface area contributed by atoms with Gasteiger partial charge in [0.1, 0.15) is 17.3 Å². The normalized spacial score (nSPS) is 11.2. The highest BCUT2D eigenvalue weighted by Crippen LogP contribution is 2.34. The number of rotatable bonds is 6. The third-order valence-corrected chi connectivity index (χ3v) is 5.11. The Morgan fingerprint density at radius 3 is 2.90 bits per heavy atom. The maximum atomic E-state index is 10.9. The predicted octanol–water partition coefficient (Wildman–Crippen LogP) is 5.23. The summed E-state index contributed by atoms with van der Waals surface area (Å²) in [5.74, 6) is 1.40. The highest BCUT2D eigenvalue weighted by molar-refractivity contribution is 7.22. The topological polar surface area (TPSA) is 103 Å². The standard InChI is InChI=1S/C20H16N4O4S/c1-12-3-7-16-19(9-12)29-20(22-16)23-21-11-14-5-8-17(28-14)15-6-4-13(24(25)26)10-18(15)27-2/h3-11H,1-2H3,(H,22,23)/b21-11+. The van der Waals surface area contributed by atoms with Gasteiger partial charge < -0.3 is 9.15 Å². The van der Waals surface area contributed by atoms with E-state index in [0.717, 1.165) is 10.2 Å². The zero-order chi connectivity index (χ0) is 20.4. The lowest BCUT2D eigenvalue weighted by Crippen LogP contribution is -1.92. The van der Waals surface area contributed by atoms with Gasteiger partial charge in [-0.25, -0.2) is 4.98 Å². The monoisotopic (exact) mass is 408 g/mol. The number of nitro groups is 1. The SMILES string of the molecule is COc1cc([N+](=O)[O-])ccc1-c1ccc(/C=N/Nc2nc3ccc(C)cc3s2)o1. The smallest absolute Gasteiger partial charge is 0.273 e. The van der Waals surface area contributed by atoms with Crippen LogP contribution in [-0.4, -0.2) is 23.2 Å². The number of thiazole rings is 1. The van der Waals surface area contributed by atoms with E-state index in [4.69, 9.17) is 9.15 Å². The zero-order valence-electron chi connectivity index (χ0n) is 15.6. The average Bonchev–Trinajstić information content (AvgIpc) is 3.33. The molecule has 0 unspecified atom stereocenters. The Hall–Kier alpha value is -3.72. The number of fused-ring (bicyclic) bond motifs is 1. The number of ether oxygens (including phenoxy) is 1. The van der Waals surface area contributed by atoms with Gasteiger partial charge in [0.15, 0.2) is 0 Å². The molecule has 0 spiro atoms. The molecule has 0 saturated carbocycles. The summed E-state index contributed by atoms with van der Waals surface area (Å²) in [6.07, 6.45) is 1.54. The van der Waals surface area contributed by atoms with Gasteiger partial charge in [-0.2, -0.15) is 5.10 Å². The highest BCUT2D eigenvalue weighted by Gasteiger charge is 2.15. The molecule has 2 heterocycles. The van der Waals surface area contributed by atoms with E-state index in [1.807, 2.05) is 19.1 Å². The molecule has 4 rings (SSSR count). The van der Waals surface area contributed by atoms with Gasteiger partial charge in [-0.15, -0.1) is 0 Å². The summed E-state index contributed by atoms with van der Waals surface area (Å²) >= 11 is 1.52. The van der Waals surface area contributed by atoms with E-state index >= 15 is 0 Å². The van der Waals surface area contributed by atoms with Gasteiger partial charge in [0.25, 0.3) is 5.69 Å². The minimum absolute atomic E-state index is 0.0471. The number of aryl methyl sites for hydroxylation is 1. The van der Waals surface area contributed by atoms with Crippen LogP contribution in [0.5, 0.6) is 5.75 Å². The molecule has 4 aromatic rings. The molecule has 2 aromatic heterocycles. The second-order valence-corrected chi connectivity index (χ2v) is 7.23. The quantitative estimate of drug-likeness (QED) is 0.266. The van der Waals surface area contributed by atoms with E-state index < -0.39 is 4.92 Å². The Balaban J connectivity index is 1.51. The van der Waals surface area contributed by atoms with Gasteiger partial charge >= 0.3 is 0 Å². The van der Waals surface area contributed by atoms with E-state index in [1.54, 1.807) is 24.4 Å². The van der Waals surface area contributed by atoms with Crippen molar-refractivity contribution in [2.24, 2.45) is 5.10 Å². The number of aromatic nitrogens is 1. The Labute approximate surface area is 169 Å². The number of benzene rings is 2. The fourth-order valence-corrected chi connectivity index (χ4v) is 3.71. The van der Waals surface area contributed by atoms with Crippen LogP contribution in [0.15, 0.2) is 58.0 Å². The van der Waals surface area contributed by atoms with Crippen LogP contribution in [0.25, 0.3) is 21.5 Å². The summed E-state index contributed by atoms with van der Waals surface area (Å²) in [6.45, 7) is 2.04. The van der Waals surface area contributed by atoms with Crippen molar-refractivity contribution in [3.63, 3.8) is 0 Å². The molecule has 0 bridgehead atoms. The van der Waals surface area contributed by atoms with Gasteiger partial charge in [0.2, 0.25) is 5.13 Å². The maximum Gasteiger partial charge on any atom is 0.273 e. The molecular weight excluding hydrogens is 392 g/mol. The van der Waals surface area contributed by atoms with Crippen LogP contribution in [0.2, 0.25) is 0 Å². The lowest BCUT2D eigenvalue weighted by molar-refractivity contribution is -0.384. The summed E-state index contributed by atoms with van der Waals surface area (Å²) in [6, 6.07) is 14.0. The van der Waals surface area contributed by atoms with Crippen molar-refractivity contribution in [2.45, 2.75) is 6.92 Å². The zero-order valence-corrected chi connectivity index (χ0v) is 16.4. The number of non-ortho nitro benzene ring substituents is 1. The van der Waals surface area contributed by atoms with Gasteiger partial charge in [-0.3, -0.25) is 15.5 Å². The van der Waals surface area contributed by atoms with Crippen molar-refractivity contribution in [1.29, 1.82) is 0 Å². The highest BCUT2D eigenvalue weighted by atomic mass is 32.1. The molecule has 0 fully saturated rings. The van der Waals surface area contributed by atoms with Crippen LogP contribution in [0.1, 0.15) is 11.3 Å². The van der Waals surface area contributed by atoms with Crippen molar-refractivity contribution in [3.8, 4) is 17.1 Å². The second-order valence-electron chi connectivity index (χ2n) is 6.20. The van der Waals surface area contributed by atoms with Crippen molar-refractivity contribution in [3.05, 3.63) is 70.0 Å². The first-order valence-corrected chi connectivity index (χ1v) is 9.44. The van der Waals surface area contributed by atoms with Crippen LogP contribution in [0, 0.1) is 17.0 Å². The van der Waals surface area contributed by atoms with Crippen LogP contribution in [0.3, 0.4) is 0 Å². The van der Waals surface area contributed by atoms with Gasteiger partial charge in [-0.05, 0) is 42.8 Å². The molecule has 0 radical (unpaired) electrons. The lowest BCUT2D eigenvalue weighted by Gasteiger charge is -2.05. The van der Waals surface area contributed by atoms with Crippen molar-refractivity contribution in [1.82, 2.24) is 4.98 Å². The van der Waals surface area contributed by atoms with Crippen LogP contribution >= 0.6 is 11.3 Å². The summed E-state index contributed by atoms with van der Waals surface area (Å²) in [5.41, 5.74) is 5.58. The molecule has 1 N–H and O–H groups in total. The van der Waals surface area contributed by atoms with Crippen molar-refractivity contribution >= 4 is 38.6 Å². The van der Waals surface area contributed by atoms with Gasteiger partial charge in [0.05, 0.1) is 40.1 Å². The summed E-state index contributed by atoms with van der Waals surface area (Å²) < 4.78 is 12.1. The van der Waals surface area contributed by atoms with E-state index in [1.165, 1.54) is 36.1 Å². The summed E-state index contributed by atoms with van der Waals surface area (Å²) in [5, 5.41) is 15.8. The van der Waals surface area contributed by atoms with E-state index in [0.29, 0.717) is 28.0 Å². The molecule has 8 nitrogen and oxygen atoms in total. The fraction of sp³-hybridized carbons (Fsp3) is 0.100. The number of furan rings is 1. The Morgan fingerprint density at radius 1 is 1.24 bits per heavy atom. The van der Waals surface area contributed by atoms with Gasteiger partial charge in [0, 0.05) is 6.07 Å². The largest absolute Gasteiger partial charge is 0.496 e. The molecule has 0 saturated heterocycles. The van der Waals surface area contributed by atoms with E-state index in [-0.39, 0.29) is 5.69 Å². The number of nitro benzene ring substituents is 1. The average molecular weight is 408 g/mol. The summed E-state index contributed by atoms with van der Waals surface area (Å²) in [4.78, 5) is 14.9. The molecule has 9 heteroatoms. The number of hydrogen-bond donors (Lipinski definition) is 1. The number of nitrogens with one attached hydrogen (secondary N) is 1. The molecule has 0 atom stereocenters. The maximum absolute atomic E-state index is 10.9. The number of nitrogens with zero attached hydrogens (tertiary/aromatic N) is 3. The van der Waals surface area contributed by atoms with Crippen LogP contribution < -0.4 is 10.2 Å². The molecule has 0 aliphatic carbocycles. The molecule has 0 amide bonds. The van der Waals surface area contributed by atoms with E-state index in [2.05, 4.69) is 21.6 Å². The Bertz CT molecular complexity index is 1230. The Kier molecular flexibility index (Phi) is 4.96. The third-order valence-electron chi connectivity index (χ3n) is 4.18. The van der Waals surface area contributed by atoms with Crippen molar-refractivity contribution in [2.75, 3.05) is 12.5 Å². The first kappa shape index (κ1) is 18.6. The molecule has 0 aliphatic heterocycles. The molecule has 0 aliphatic rings. The molecule has 146 valence electrons. The lowest BCUT2D eigenvalue weighted by atomic mass is 10.1. The van der Waals surface area contributed by atoms with E-state index in [9.17, 15) is 10.1 Å². The van der Waals surface area contributed by atoms with Crippen LogP contribution in [-0.2, 0) is 0 Å². The predicted molar refractivity (Wildman–Crippen MR) is 113 cm³/mol. The molecular formula is C20H16N4O4S. The number of anilines is 1. The first-order valence-electron chi connectivity index (χ1n) is 8.62. The minimum atomic E-state index is -0.471. The molecule has 2 aromatic carbocycles. The minimum Gasteiger partial charge on any atom is -0.496 e. The van der Waals surface area contributed by atoms with Gasteiger partial charge in [-0.1, -0.05) is 17.4 Å². The van der Waals surface area contributed by atoms with Crippen molar-refractivity contribution < 1.29 is 14.1 Å². The number of methoxy groups -OCH3 is 1. The fourth-order valence-electron chi connectivity index (χ4n) is 2.79. The first-order chi connectivity index (χ1) is 14.0. The second kappa shape index (κ2) is 7.72. The molecule has 29 heavy (non-hydrogen) atoms. The van der Waals surface area contributed by atoms with Crippen LogP contribution in [0.4, 0.5) is 10.8 Å². The third kappa shape index (κ3) is 3.94. The number of hydrazone groups is 1. The Morgan fingerprint density at radius 2 is 2.10 bits per heavy atom. The summed E-state index contributed by atoms with van der Waals surface area (Å²) in [7, 11) is 1.46. The number of hydrogen-bond acceptors (Lipinski definition) is 8.